The molecule has 0 aromatic heterocycles. The van der Waals surface area contributed by atoms with Crippen LogP contribution in [0.25, 0.3) is 0 Å². The first-order valence-electron chi connectivity index (χ1n) is 9.31. The van der Waals surface area contributed by atoms with Gasteiger partial charge in [-0.1, -0.05) is 55.5 Å². The third-order valence-electron chi connectivity index (χ3n) is 4.25. The Morgan fingerprint density at radius 1 is 1.07 bits per heavy atom. The van der Waals surface area contributed by atoms with Gasteiger partial charge in [0.1, 0.15) is 6.10 Å². The zero-order chi connectivity index (χ0) is 19.6. The summed E-state index contributed by atoms with van der Waals surface area (Å²) in [6.07, 6.45) is 0.164. The Bertz CT molecular complexity index is 746. The molecule has 2 rings (SSSR count). The molecule has 0 bridgehead atoms. The molecule has 0 saturated heterocycles. The Kier molecular flexibility index (Phi) is 8.01. The highest BCUT2D eigenvalue weighted by molar-refractivity contribution is 5.95. The van der Waals surface area contributed by atoms with Crippen molar-refractivity contribution in [1.82, 2.24) is 4.90 Å². The summed E-state index contributed by atoms with van der Waals surface area (Å²) in [7, 11) is 0. The zero-order valence-corrected chi connectivity index (χ0v) is 16.3. The van der Waals surface area contributed by atoms with Crippen molar-refractivity contribution in [3.05, 3.63) is 65.7 Å². The summed E-state index contributed by atoms with van der Waals surface area (Å²) in [5.41, 5.74) is 2.76. The second kappa shape index (κ2) is 10.5. The first-order chi connectivity index (χ1) is 13.0. The smallest absolute Gasteiger partial charge is 0.251 e. The van der Waals surface area contributed by atoms with Gasteiger partial charge in [-0.15, -0.1) is 0 Å². The highest BCUT2D eigenvalue weighted by Gasteiger charge is 2.23. The van der Waals surface area contributed by atoms with Crippen molar-refractivity contribution in [2.45, 2.75) is 39.9 Å². The van der Waals surface area contributed by atoms with Gasteiger partial charge in [-0.2, -0.15) is 0 Å². The van der Waals surface area contributed by atoms with Gasteiger partial charge in [0.25, 0.3) is 5.91 Å². The predicted molar refractivity (Wildman–Crippen MR) is 107 cm³/mol. The zero-order valence-electron chi connectivity index (χ0n) is 16.3. The van der Waals surface area contributed by atoms with Crippen LogP contribution in [0.4, 0.5) is 5.69 Å². The quantitative estimate of drug-likeness (QED) is 0.733. The molecule has 2 aromatic carbocycles. The van der Waals surface area contributed by atoms with Crippen molar-refractivity contribution in [2.75, 3.05) is 18.4 Å². The van der Waals surface area contributed by atoms with Gasteiger partial charge >= 0.3 is 0 Å². The molecule has 1 N–H and O–H groups in total. The van der Waals surface area contributed by atoms with E-state index in [2.05, 4.69) is 5.32 Å². The number of carbonyl (C=O) groups is 2. The number of hydrogen-bond donors (Lipinski definition) is 1. The van der Waals surface area contributed by atoms with E-state index in [-0.39, 0.29) is 18.4 Å². The molecule has 5 nitrogen and oxygen atoms in total. The molecule has 144 valence electrons. The number of amides is 2. The van der Waals surface area contributed by atoms with Gasteiger partial charge in [0.05, 0.1) is 13.2 Å². The van der Waals surface area contributed by atoms with E-state index in [4.69, 9.17) is 4.74 Å². The summed E-state index contributed by atoms with van der Waals surface area (Å²) in [6.45, 7) is 6.54. The van der Waals surface area contributed by atoms with Gasteiger partial charge in [-0.05, 0) is 37.5 Å². The number of nitrogens with zero attached hydrogens (tertiary/aromatic N) is 1. The molecule has 0 spiro atoms. The molecule has 0 radical (unpaired) electrons. The Hall–Kier alpha value is -2.66. The first-order valence-corrected chi connectivity index (χ1v) is 9.31. The fourth-order valence-electron chi connectivity index (χ4n) is 2.74. The van der Waals surface area contributed by atoms with E-state index >= 15 is 0 Å². The minimum Gasteiger partial charge on any atom is -0.364 e. The van der Waals surface area contributed by atoms with Crippen LogP contribution in [0.15, 0.2) is 54.6 Å². The molecule has 0 aliphatic rings. The number of aryl methyl sites for hydroxylation is 1. The SMILES string of the molecule is CCCN(CC(=O)Nc1ccccc1C)C(=O)C(C)OCc1ccccc1. The van der Waals surface area contributed by atoms with Crippen molar-refractivity contribution in [2.24, 2.45) is 0 Å². The molecule has 0 aliphatic heterocycles. The average molecular weight is 368 g/mol. The molecule has 5 heteroatoms. The monoisotopic (exact) mass is 368 g/mol. The lowest BCUT2D eigenvalue weighted by Gasteiger charge is -2.25. The van der Waals surface area contributed by atoms with E-state index in [1.807, 2.05) is 68.4 Å². The van der Waals surface area contributed by atoms with Crippen LogP contribution in [0, 0.1) is 6.92 Å². The van der Waals surface area contributed by atoms with E-state index in [9.17, 15) is 9.59 Å². The third-order valence-corrected chi connectivity index (χ3v) is 4.25. The largest absolute Gasteiger partial charge is 0.364 e. The molecule has 0 aliphatic carbocycles. The topological polar surface area (TPSA) is 58.6 Å². The molecule has 1 atom stereocenters. The van der Waals surface area contributed by atoms with Crippen LogP contribution in [0.3, 0.4) is 0 Å². The van der Waals surface area contributed by atoms with Gasteiger partial charge in [0.2, 0.25) is 5.91 Å². The highest BCUT2D eigenvalue weighted by Crippen LogP contribution is 2.13. The lowest BCUT2D eigenvalue weighted by molar-refractivity contribution is -0.145. The minimum atomic E-state index is -0.608. The molecule has 1 unspecified atom stereocenters. The maximum Gasteiger partial charge on any atom is 0.251 e. The normalized spacial score (nSPS) is 11.7. The molecular weight excluding hydrogens is 340 g/mol. The van der Waals surface area contributed by atoms with E-state index in [1.54, 1.807) is 11.8 Å². The fraction of sp³-hybridized carbons (Fsp3) is 0.364. The van der Waals surface area contributed by atoms with Gasteiger partial charge in [-0.25, -0.2) is 0 Å². The van der Waals surface area contributed by atoms with E-state index < -0.39 is 6.10 Å². The summed E-state index contributed by atoms with van der Waals surface area (Å²) in [5.74, 6) is -0.380. The number of ether oxygens (including phenoxy) is 1. The molecule has 2 aromatic rings. The summed E-state index contributed by atoms with van der Waals surface area (Å²) in [5, 5.41) is 2.88. The molecule has 0 saturated carbocycles. The Balaban J connectivity index is 1.93. The number of hydrogen-bond acceptors (Lipinski definition) is 3. The van der Waals surface area contributed by atoms with Crippen molar-refractivity contribution in [1.29, 1.82) is 0 Å². The minimum absolute atomic E-state index is 0.0139. The van der Waals surface area contributed by atoms with E-state index in [0.717, 1.165) is 23.2 Å². The molecule has 0 fully saturated rings. The van der Waals surface area contributed by atoms with Gasteiger partial charge < -0.3 is 15.0 Å². The number of carbonyl (C=O) groups excluding carboxylic acids is 2. The molecule has 2 amide bonds. The standard InChI is InChI=1S/C22H28N2O3/c1-4-14-24(15-21(25)23-20-13-9-8-10-17(20)2)22(26)18(3)27-16-19-11-6-5-7-12-19/h5-13,18H,4,14-16H2,1-3H3,(H,23,25). The number of rotatable bonds is 9. The van der Waals surface area contributed by atoms with Crippen LogP contribution in [-0.2, 0) is 20.9 Å². The second-order valence-corrected chi connectivity index (χ2v) is 6.56. The predicted octanol–water partition coefficient (Wildman–Crippen LogP) is 3.78. The molecule has 27 heavy (non-hydrogen) atoms. The van der Waals surface area contributed by atoms with Crippen LogP contribution < -0.4 is 5.32 Å². The third kappa shape index (κ3) is 6.53. The summed E-state index contributed by atoms with van der Waals surface area (Å²) < 4.78 is 5.71. The van der Waals surface area contributed by atoms with Gasteiger partial charge in [0, 0.05) is 12.2 Å². The lowest BCUT2D eigenvalue weighted by Crippen LogP contribution is -2.43. The van der Waals surface area contributed by atoms with Crippen molar-refractivity contribution < 1.29 is 14.3 Å². The Morgan fingerprint density at radius 3 is 2.41 bits per heavy atom. The average Bonchev–Trinajstić information content (AvgIpc) is 2.68. The van der Waals surface area contributed by atoms with Gasteiger partial charge in [0.15, 0.2) is 0 Å². The van der Waals surface area contributed by atoms with Crippen LogP contribution in [0.2, 0.25) is 0 Å². The number of nitrogens with one attached hydrogen (secondary N) is 1. The first kappa shape index (κ1) is 20.6. The molecule has 0 heterocycles. The summed E-state index contributed by atoms with van der Waals surface area (Å²) >= 11 is 0. The maximum atomic E-state index is 12.7. The maximum absolute atomic E-state index is 12.7. The van der Waals surface area contributed by atoms with Crippen LogP contribution in [0.1, 0.15) is 31.4 Å². The van der Waals surface area contributed by atoms with E-state index in [0.29, 0.717) is 13.2 Å². The van der Waals surface area contributed by atoms with Crippen LogP contribution in [0.5, 0.6) is 0 Å². The Morgan fingerprint density at radius 2 is 1.74 bits per heavy atom. The fourth-order valence-corrected chi connectivity index (χ4v) is 2.74. The second-order valence-electron chi connectivity index (χ2n) is 6.56. The molecular formula is C22H28N2O3. The number of benzene rings is 2. The van der Waals surface area contributed by atoms with Crippen LogP contribution in [-0.4, -0.2) is 35.9 Å². The summed E-state index contributed by atoms with van der Waals surface area (Å²) in [4.78, 5) is 26.7. The van der Waals surface area contributed by atoms with Crippen molar-refractivity contribution in [3.63, 3.8) is 0 Å². The highest BCUT2D eigenvalue weighted by atomic mass is 16.5. The van der Waals surface area contributed by atoms with Crippen LogP contribution >= 0.6 is 0 Å². The number of anilines is 1. The lowest BCUT2D eigenvalue weighted by atomic mass is 10.2. The summed E-state index contributed by atoms with van der Waals surface area (Å²) in [6, 6.07) is 17.3. The van der Waals surface area contributed by atoms with Crippen molar-refractivity contribution >= 4 is 17.5 Å². The van der Waals surface area contributed by atoms with Crippen molar-refractivity contribution in [3.8, 4) is 0 Å². The number of para-hydroxylation sites is 1. The Labute approximate surface area is 161 Å². The van der Waals surface area contributed by atoms with Gasteiger partial charge in [-0.3, -0.25) is 9.59 Å². The van der Waals surface area contributed by atoms with E-state index in [1.165, 1.54) is 0 Å².